The van der Waals surface area contributed by atoms with E-state index < -0.39 is 17.7 Å². The first-order valence-electron chi connectivity index (χ1n) is 5.11. The van der Waals surface area contributed by atoms with E-state index in [1.54, 1.807) is 27.7 Å². The molecule has 1 atom stereocenters. The molecule has 0 fully saturated rings. The molecule has 16 heavy (non-hydrogen) atoms. The van der Waals surface area contributed by atoms with Crippen LogP contribution in [-0.2, 0) is 14.3 Å². The number of carbonyl (C=O) groups excluding carboxylic acids is 2. The molecular weight excluding hydrogens is 212 g/mol. The van der Waals surface area contributed by atoms with E-state index >= 15 is 0 Å². The van der Waals surface area contributed by atoms with Crippen LogP contribution < -0.4 is 11.1 Å². The molecule has 0 spiro atoms. The monoisotopic (exact) mass is 232 g/mol. The summed E-state index contributed by atoms with van der Waals surface area (Å²) >= 11 is 0. The van der Waals surface area contributed by atoms with Crippen molar-refractivity contribution in [3.63, 3.8) is 0 Å². The van der Waals surface area contributed by atoms with Crippen LogP contribution in [0.1, 0.15) is 27.7 Å². The standard InChI is InChI=1S/C10H20N2O4/c1-7(5-11)15-8(13)6-12-9(14)16-10(2,3)4/h7H,5-6,11H2,1-4H3,(H,12,14). The van der Waals surface area contributed by atoms with Crippen molar-refractivity contribution in [2.45, 2.75) is 39.4 Å². The summed E-state index contributed by atoms with van der Waals surface area (Å²) in [6.07, 6.45) is -1.00. The minimum Gasteiger partial charge on any atom is -0.460 e. The number of rotatable bonds is 4. The van der Waals surface area contributed by atoms with E-state index in [1.165, 1.54) is 0 Å². The van der Waals surface area contributed by atoms with Crippen LogP contribution in [0.5, 0.6) is 0 Å². The van der Waals surface area contributed by atoms with Gasteiger partial charge in [0, 0.05) is 6.54 Å². The molecule has 0 saturated heterocycles. The van der Waals surface area contributed by atoms with Gasteiger partial charge in [-0.1, -0.05) is 0 Å². The van der Waals surface area contributed by atoms with Gasteiger partial charge < -0.3 is 20.5 Å². The molecule has 1 amide bonds. The van der Waals surface area contributed by atoms with E-state index in [0.717, 1.165) is 0 Å². The summed E-state index contributed by atoms with van der Waals surface area (Å²) in [6.45, 7) is 6.91. The highest BCUT2D eigenvalue weighted by Crippen LogP contribution is 2.06. The van der Waals surface area contributed by atoms with E-state index in [4.69, 9.17) is 15.2 Å². The van der Waals surface area contributed by atoms with Crippen molar-refractivity contribution < 1.29 is 19.1 Å². The maximum atomic E-state index is 11.2. The molecule has 0 aliphatic heterocycles. The zero-order chi connectivity index (χ0) is 12.8. The largest absolute Gasteiger partial charge is 0.460 e. The van der Waals surface area contributed by atoms with Gasteiger partial charge in [0.25, 0.3) is 0 Å². The van der Waals surface area contributed by atoms with Crippen molar-refractivity contribution >= 4 is 12.1 Å². The molecule has 6 heteroatoms. The molecule has 0 aromatic heterocycles. The molecule has 0 aromatic rings. The molecule has 1 unspecified atom stereocenters. The van der Waals surface area contributed by atoms with E-state index in [-0.39, 0.29) is 19.2 Å². The Balaban J connectivity index is 3.80. The first-order valence-corrected chi connectivity index (χ1v) is 5.11. The summed E-state index contributed by atoms with van der Waals surface area (Å²) in [5.41, 5.74) is 4.69. The minimum atomic E-state index is -0.648. The molecule has 0 heterocycles. The lowest BCUT2D eigenvalue weighted by atomic mass is 10.2. The van der Waals surface area contributed by atoms with Gasteiger partial charge in [-0.25, -0.2) is 4.79 Å². The maximum absolute atomic E-state index is 11.2. The van der Waals surface area contributed by atoms with Crippen LogP contribution in [-0.4, -0.2) is 36.9 Å². The first kappa shape index (κ1) is 14.7. The van der Waals surface area contributed by atoms with Crippen molar-refractivity contribution in [1.82, 2.24) is 5.32 Å². The molecule has 6 nitrogen and oxygen atoms in total. The number of hydrogen-bond acceptors (Lipinski definition) is 5. The fourth-order valence-electron chi connectivity index (χ4n) is 0.773. The van der Waals surface area contributed by atoms with Gasteiger partial charge in [-0.2, -0.15) is 0 Å². The SMILES string of the molecule is CC(CN)OC(=O)CNC(=O)OC(C)(C)C. The van der Waals surface area contributed by atoms with Crippen LogP contribution in [0.15, 0.2) is 0 Å². The van der Waals surface area contributed by atoms with E-state index in [1.807, 2.05) is 0 Å². The number of amides is 1. The Labute approximate surface area is 95.5 Å². The van der Waals surface area contributed by atoms with Crippen LogP contribution in [0.25, 0.3) is 0 Å². The van der Waals surface area contributed by atoms with Crippen LogP contribution in [0.3, 0.4) is 0 Å². The lowest BCUT2D eigenvalue weighted by Gasteiger charge is -2.19. The molecule has 94 valence electrons. The Kier molecular flexibility index (Phi) is 5.81. The lowest BCUT2D eigenvalue weighted by molar-refractivity contribution is -0.146. The van der Waals surface area contributed by atoms with Crippen LogP contribution >= 0.6 is 0 Å². The Hall–Kier alpha value is -1.30. The number of esters is 1. The molecule has 0 aromatic carbocycles. The average molecular weight is 232 g/mol. The second-order valence-electron chi connectivity index (χ2n) is 4.39. The van der Waals surface area contributed by atoms with Crippen LogP contribution in [0.2, 0.25) is 0 Å². The van der Waals surface area contributed by atoms with Crippen molar-refractivity contribution in [2.24, 2.45) is 5.73 Å². The highest BCUT2D eigenvalue weighted by Gasteiger charge is 2.17. The normalized spacial score (nSPS) is 12.8. The number of nitrogens with two attached hydrogens (primary N) is 1. The Bertz CT molecular complexity index is 248. The van der Waals surface area contributed by atoms with Gasteiger partial charge >= 0.3 is 12.1 Å². The number of alkyl carbamates (subject to hydrolysis) is 1. The quantitative estimate of drug-likeness (QED) is 0.685. The third kappa shape index (κ3) is 8.05. The smallest absolute Gasteiger partial charge is 0.408 e. The highest BCUT2D eigenvalue weighted by molar-refractivity contribution is 5.78. The van der Waals surface area contributed by atoms with E-state index in [2.05, 4.69) is 5.32 Å². The molecule has 0 rings (SSSR count). The van der Waals surface area contributed by atoms with Gasteiger partial charge in [0.2, 0.25) is 0 Å². The van der Waals surface area contributed by atoms with Gasteiger partial charge in [-0.3, -0.25) is 4.79 Å². The maximum Gasteiger partial charge on any atom is 0.408 e. The topological polar surface area (TPSA) is 90.6 Å². The van der Waals surface area contributed by atoms with Crippen molar-refractivity contribution in [1.29, 1.82) is 0 Å². The number of hydrogen-bond donors (Lipinski definition) is 2. The minimum absolute atomic E-state index is 0.223. The van der Waals surface area contributed by atoms with Gasteiger partial charge in [0.05, 0.1) is 0 Å². The molecule has 0 bridgehead atoms. The summed E-state index contributed by atoms with van der Waals surface area (Å²) in [5, 5.41) is 2.29. The summed E-state index contributed by atoms with van der Waals surface area (Å²) in [6, 6.07) is 0. The van der Waals surface area contributed by atoms with Gasteiger partial charge in [-0.15, -0.1) is 0 Å². The highest BCUT2D eigenvalue weighted by atomic mass is 16.6. The number of nitrogens with one attached hydrogen (secondary N) is 1. The van der Waals surface area contributed by atoms with E-state index in [0.29, 0.717) is 0 Å². The Morgan fingerprint density at radius 2 is 1.94 bits per heavy atom. The van der Waals surface area contributed by atoms with Crippen LogP contribution in [0, 0.1) is 0 Å². The molecule has 0 aliphatic rings. The Morgan fingerprint density at radius 3 is 2.38 bits per heavy atom. The van der Waals surface area contributed by atoms with Crippen LogP contribution in [0.4, 0.5) is 4.79 Å². The summed E-state index contributed by atoms with van der Waals surface area (Å²) in [4.78, 5) is 22.3. The fourth-order valence-corrected chi connectivity index (χ4v) is 0.773. The fraction of sp³-hybridized carbons (Fsp3) is 0.800. The molecular formula is C10H20N2O4. The van der Waals surface area contributed by atoms with Gasteiger partial charge in [0.1, 0.15) is 18.2 Å². The van der Waals surface area contributed by atoms with Gasteiger partial charge in [-0.05, 0) is 27.7 Å². The number of ether oxygens (including phenoxy) is 2. The second kappa shape index (κ2) is 6.32. The second-order valence-corrected chi connectivity index (χ2v) is 4.39. The number of carbonyl (C=O) groups is 2. The summed E-state index contributed by atoms with van der Waals surface area (Å²) < 4.78 is 9.78. The first-order chi connectivity index (χ1) is 7.24. The molecule has 0 saturated carbocycles. The summed E-state index contributed by atoms with van der Waals surface area (Å²) in [7, 11) is 0. The predicted molar refractivity (Wildman–Crippen MR) is 58.8 cm³/mol. The third-order valence-corrected chi connectivity index (χ3v) is 1.44. The van der Waals surface area contributed by atoms with E-state index in [9.17, 15) is 9.59 Å². The van der Waals surface area contributed by atoms with Crippen molar-refractivity contribution in [3.05, 3.63) is 0 Å². The van der Waals surface area contributed by atoms with Crippen molar-refractivity contribution in [2.75, 3.05) is 13.1 Å². The molecule has 0 radical (unpaired) electrons. The lowest BCUT2D eigenvalue weighted by Crippen LogP contribution is -2.37. The summed E-state index contributed by atoms with van der Waals surface area (Å²) in [5.74, 6) is -0.538. The van der Waals surface area contributed by atoms with Crippen molar-refractivity contribution in [3.8, 4) is 0 Å². The average Bonchev–Trinajstić information content (AvgIpc) is 2.12. The van der Waals surface area contributed by atoms with Gasteiger partial charge in [0.15, 0.2) is 0 Å². The molecule has 3 N–H and O–H groups in total. The predicted octanol–water partition coefficient (Wildman–Crippen LogP) is 0.401. The zero-order valence-corrected chi connectivity index (χ0v) is 10.2. The third-order valence-electron chi connectivity index (χ3n) is 1.44. The molecule has 0 aliphatic carbocycles. The zero-order valence-electron chi connectivity index (χ0n) is 10.2. The Morgan fingerprint density at radius 1 is 1.38 bits per heavy atom.